The molecule has 1 heterocycles. The largest absolute Gasteiger partial charge is 0.496 e. The number of likely N-dealkylation sites (tertiary alicyclic amines) is 1. The van der Waals surface area contributed by atoms with Crippen LogP contribution in [0.1, 0.15) is 29.9 Å². The Balaban J connectivity index is 2.46. The van der Waals surface area contributed by atoms with E-state index >= 15 is 0 Å². The van der Waals surface area contributed by atoms with E-state index in [9.17, 15) is 13.2 Å². The van der Waals surface area contributed by atoms with Crippen molar-refractivity contribution in [2.24, 2.45) is 0 Å². The number of hydrogen-bond donors (Lipinski definition) is 0. The van der Waals surface area contributed by atoms with Gasteiger partial charge in [0.15, 0.2) is 0 Å². The summed E-state index contributed by atoms with van der Waals surface area (Å²) >= 11 is 0. The molecule has 0 N–H and O–H groups in total. The molecule has 0 saturated carbocycles. The van der Waals surface area contributed by atoms with E-state index in [2.05, 4.69) is 4.90 Å². The van der Waals surface area contributed by atoms with E-state index in [1.807, 2.05) is 7.05 Å². The third-order valence-electron chi connectivity index (χ3n) is 3.92. The van der Waals surface area contributed by atoms with Crippen LogP contribution in [-0.2, 0) is 6.18 Å². The third kappa shape index (κ3) is 3.43. The summed E-state index contributed by atoms with van der Waals surface area (Å²) in [5.41, 5.74) is -0.0105. The van der Waals surface area contributed by atoms with E-state index in [1.54, 1.807) is 0 Å². The van der Waals surface area contributed by atoms with E-state index in [0.717, 1.165) is 37.6 Å². The van der Waals surface area contributed by atoms with Crippen LogP contribution in [0.15, 0.2) is 12.1 Å². The molecule has 6 heteroatoms. The molecule has 21 heavy (non-hydrogen) atoms. The number of likely N-dealkylation sites (N-methyl/N-ethyl adjacent to an activating group) is 1. The van der Waals surface area contributed by atoms with Crippen molar-refractivity contribution in [1.29, 1.82) is 0 Å². The maximum Gasteiger partial charge on any atom is 0.420 e. The van der Waals surface area contributed by atoms with Crippen molar-refractivity contribution in [3.63, 3.8) is 0 Å². The van der Waals surface area contributed by atoms with Gasteiger partial charge in [-0.05, 0) is 38.6 Å². The first kappa shape index (κ1) is 15.9. The van der Waals surface area contributed by atoms with Crippen LogP contribution >= 0.6 is 0 Å². The molecule has 3 nitrogen and oxygen atoms in total. The summed E-state index contributed by atoms with van der Waals surface area (Å²) in [7, 11) is 4.67. The Morgan fingerprint density at radius 1 is 1.14 bits per heavy atom. The molecule has 0 spiro atoms. The minimum absolute atomic E-state index is 0.147. The van der Waals surface area contributed by atoms with Crippen molar-refractivity contribution in [3.8, 4) is 11.5 Å². The van der Waals surface area contributed by atoms with Gasteiger partial charge in [0.2, 0.25) is 0 Å². The monoisotopic (exact) mass is 303 g/mol. The molecule has 1 saturated heterocycles. The molecule has 2 rings (SSSR count). The molecule has 118 valence electrons. The molecule has 1 unspecified atom stereocenters. The highest BCUT2D eigenvalue weighted by Gasteiger charge is 2.36. The van der Waals surface area contributed by atoms with Crippen LogP contribution in [0.2, 0.25) is 0 Å². The van der Waals surface area contributed by atoms with Crippen LogP contribution in [0.5, 0.6) is 11.5 Å². The molecule has 0 radical (unpaired) electrons. The number of alkyl halides is 3. The molecular formula is C15H20F3NO2. The van der Waals surface area contributed by atoms with E-state index in [0.29, 0.717) is 0 Å². The summed E-state index contributed by atoms with van der Waals surface area (Å²) in [5.74, 6) is 0.296. The lowest BCUT2D eigenvalue weighted by Crippen LogP contribution is -2.31. The van der Waals surface area contributed by atoms with Crippen molar-refractivity contribution in [1.82, 2.24) is 4.90 Å². The molecule has 1 aliphatic heterocycles. The Morgan fingerprint density at radius 2 is 1.81 bits per heavy atom. The van der Waals surface area contributed by atoms with E-state index in [1.165, 1.54) is 20.3 Å². The van der Waals surface area contributed by atoms with Crippen LogP contribution in [0.25, 0.3) is 0 Å². The van der Waals surface area contributed by atoms with Crippen molar-refractivity contribution in [2.45, 2.75) is 24.9 Å². The topological polar surface area (TPSA) is 21.7 Å². The second-order valence-electron chi connectivity index (χ2n) is 5.39. The maximum atomic E-state index is 13.0. The first-order chi connectivity index (χ1) is 9.86. The van der Waals surface area contributed by atoms with Crippen molar-refractivity contribution < 1.29 is 22.6 Å². The Bertz CT molecular complexity index is 502. The van der Waals surface area contributed by atoms with Gasteiger partial charge in [-0.3, -0.25) is 0 Å². The van der Waals surface area contributed by atoms with Gasteiger partial charge in [0.05, 0.1) is 14.2 Å². The number of ether oxygens (including phenoxy) is 2. The zero-order chi connectivity index (χ0) is 15.6. The highest BCUT2D eigenvalue weighted by molar-refractivity contribution is 5.49. The number of methoxy groups -OCH3 is 2. The van der Waals surface area contributed by atoms with Crippen LogP contribution in [0.4, 0.5) is 13.2 Å². The van der Waals surface area contributed by atoms with Crippen molar-refractivity contribution in [3.05, 3.63) is 23.3 Å². The molecule has 0 amide bonds. The molecule has 0 bridgehead atoms. The van der Waals surface area contributed by atoms with Crippen LogP contribution in [0, 0.1) is 0 Å². The predicted molar refractivity (Wildman–Crippen MR) is 74.0 cm³/mol. The standard InChI is InChI=1S/C15H20F3NO2/c1-19-6-4-5-10(9-19)11-7-14(21-3)12(15(16,17)18)8-13(11)20-2/h7-8,10H,4-6,9H2,1-3H3. The Kier molecular flexibility index (Phi) is 4.66. The zero-order valence-corrected chi connectivity index (χ0v) is 12.5. The lowest BCUT2D eigenvalue weighted by molar-refractivity contribution is -0.138. The van der Waals surface area contributed by atoms with E-state index in [4.69, 9.17) is 9.47 Å². The number of nitrogens with zero attached hydrogens (tertiary/aromatic N) is 1. The lowest BCUT2D eigenvalue weighted by Gasteiger charge is -2.31. The van der Waals surface area contributed by atoms with Crippen molar-refractivity contribution >= 4 is 0 Å². The van der Waals surface area contributed by atoms with Crippen LogP contribution in [0.3, 0.4) is 0 Å². The highest BCUT2D eigenvalue weighted by atomic mass is 19.4. The number of rotatable bonds is 3. The van der Waals surface area contributed by atoms with Gasteiger partial charge in [-0.1, -0.05) is 0 Å². The number of halogens is 3. The van der Waals surface area contributed by atoms with Gasteiger partial charge in [0.1, 0.15) is 17.1 Å². The Labute approximate surface area is 122 Å². The van der Waals surface area contributed by atoms with Gasteiger partial charge in [-0.25, -0.2) is 0 Å². The van der Waals surface area contributed by atoms with Crippen molar-refractivity contribution in [2.75, 3.05) is 34.4 Å². The fraction of sp³-hybridized carbons (Fsp3) is 0.600. The van der Waals surface area contributed by atoms with Gasteiger partial charge in [0.25, 0.3) is 0 Å². The van der Waals surface area contributed by atoms with Gasteiger partial charge in [-0.15, -0.1) is 0 Å². The quantitative estimate of drug-likeness (QED) is 0.852. The molecule has 1 fully saturated rings. The number of piperidine rings is 1. The fourth-order valence-corrected chi connectivity index (χ4v) is 2.88. The smallest absolute Gasteiger partial charge is 0.420 e. The SMILES string of the molecule is COc1cc(C(F)(F)F)c(OC)cc1C1CCCN(C)C1. The molecule has 0 aromatic heterocycles. The van der Waals surface area contributed by atoms with Gasteiger partial charge in [-0.2, -0.15) is 13.2 Å². The second kappa shape index (κ2) is 6.13. The third-order valence-corrected chi connectivity index (χ3v) is 3.92. The van der Waals surface area contributed by atoms with Crippen LogP contribution < -0.4 is 9.47 Å². The number of hydrogen-bond acceptors (Lipinski definition) is 3. The summed E-state index contributed by atoms with van der Waals surface area (Å²) in [6, 6.07) is 2.52. The molecular weight excluding hydrogens is 283 g/mol. The lowest BCUT2D eigenvalue weighted by atomic mass is 9.89. The summed E-state index contributed by atoms with van der Waals surface area (Å²) in [4.78, 5) is 2.18. The van der Waals surface area contributed by atoms with Gasteiger partial charge >= 0.3 is 6.18 Å². The first-order valence-corrected chi connectivity index (χ1v) is 6.88. The zero-order valence-electron chi connectivity index (χ0n) is 12.5. The van der Waals surface area contributed by atoms with E-state index in [-0.39, 0.29) is 17.4 Å². The van der Waals surface area contributed by atoms with Gasteiger partial charge < -0.3 is 14.4 Å². The summed E-state index contributed by atoms with van der Waals surface area (Å²) in [5, 5.41) is 0. The Hall–Kier alpha value is -1.43. The Morgan fingerprint density at radius 3 is 2.33 bits per heavy atom. The summed E-state index contributed by atoms with van der Waals surface area (Å²) < 4.78 is 49.3. The van der Waals surface area contributed by atoms with E-state index < -0.39 is 11.7 Å². The minimum Gasteiger partial charge on any atom is -0.496 e. The maximum absolute atomic E-state index is 13.0. The predicted octanol–water partition coefficient (Wildman–Crippen LogP) is 3.53. The van der Waals surface area contributed by atoms with Crippen LogP contribution in [-0.4, -0.2) is 39.3 Å². The molecule has 1 atom stereocenters. The molecule has 0 aliphatic carbocycles. The molecule has 1 aromatic carbocycles. The molecule has 1 aliphatic rings. The summed E-state index contributed by atoms with van der Waals surface area (Å²) in [6.45, 7) is 1.82. The fourth-order valence-electron chi connectivity index (χ4n) is 2.88. The average Bonchev–Trinajstić information content (AvgIpc) is 2.44. The second-order valence-corrected chi connectivity index (χ2v) is 5.39. The number of benzene rings is 1. The first-order valence-electron chi connectivity index (χ1n) is 6.88. The summed E-state index contributed by atoms with van der Waals surface area (Å²) in [6.07, 6.45) is -2.50. The minimum atomic E-state index is -4.46. The molecule has 1 aromatic rings. The van der Waals surface area contributed by atoms with Gasteiger partial charge in [0, 0.05) is 18.0 Å². The highest BCUT2D eigenvalue weighted by Crippen LogP contribution is 2.43. The average molecular weight is 303 g/mol. The normalized spacial score (nSPS) is 20.4.